The van der Waals surface area contributed by atoms with Crippen molar-refractivity contribution in [2.75, 3.05) is 38.7 Å². The Balaban J connectivity index is 1.78. The monoisotopic (exact) mass is 512 g/mol. The first-order chi connectivity index (χ1) is 17.3. The topological polar surface area (TPSA) is 94.2 Å². The Labute approximate surface area is 212 Å². The molecule has 0 saturated heterocycles. The van der Waals surface area contributed by atoms with Gasteiger partial charge in [0.15, 0.2) is 11.5 Å². The Morgan fingerprint density at radius 1 is 0.861 bits per heavy atom. The summed E-state index contributed by atoms with van der Waals surface area (Å²) in [6, 6.07) is 19.0. The fourth-order valence-electron chi connectivity index (χ4n) is 3.74. The van der Waals surface area contributed by atoms with E-state index >= 15 is 0 Å². The molecule has 8 nitrogen and oxygen atoms in total. The van der Waals surface area contributed by atoms with E-state index in [4.69, 9.17) is 14.2 Å². The van der Waals surface area contributed by atoms with Gasteiger partial charge in [-0.25, -0.2) is 8.42 Å². The second-order valence-corrected chi connectivity index (χ2v) is 9.99. The minimum Gasteiger partial charge on any atom is -0.496 e. The summed E-state index contributed by atoms with van der Waals surface area (Å²) in [5, 5.41) is 2.83. The molecule has 1 N–H and O–H groups in total. The van der Waals surface area contributed by atoms with Gasteiger partial charge in [0.05, 0.1) is 31.9 Å². The number of hydrogen-bond acceptors (Lipinski definition) is 6. The van der Waals surface area contributed by atoms with Crippen molar-refractivity contribution < 1.29 is 27.4 Å². The molecule has 192 valence electrons. The normalized spacial score (nSPS) is 11.0. The van der Waals surface area contributed by atoms with Gasteiger partial charge in [-0.2, -0.15) is 0 Å². The Morgan fingerprint density at radius 3 is 2.19 bits per heavy atom. The van der Waals surface area contributed by atoms with Gasteiger partial charge >= 0.3 is 0 Å². The van der Waals surface area contributed by atoms with Gasteiger partial charge in [0.2, 0.25) is 5.91 Å². The summed E-state index contributed by atoms with van der Waals surface area (Å²) < 4.78 is 44.2. The zero-order valence-corrected chi connectivity index (χ0v) is 21.8. The number of rotatable bonds is 12. The largest absolute Gasteiger partial charge is 0.496 e. The molecule has 0 aromatic heterocycles. The highest BCUT2D eigenvalue weighted by Crippen LogP contribution is 2.33. The molecule has 3 rings (SSSR count). The molecule has 1 amide bonds. The minimum atomic E-state index is -4.03. The summed E-state index contributed by atoms with van der Waals surface area (Å²) in [7, 11) is 0.553. The number of hydrogen-bond donors (Lipinski definition) is 1. The van der Waals surface area contributed by atoms with Crippen LogP contribution in [0.5, 0.6) is 17.2 Å². The maximum Gasteiger partial charge on any atom is 0.264 e. The summed E-state index contributed by atoms with van der Waals surface area (Å²) >= 11 is 0. The highest BCUT2D eigenvalue weighted by atomic mass is 32.2. The Kier molecular flexibility index (Phi) is 9.19. The first-order valence-electron chi connectivity index (χ1n) is 11.5. The molecular weight excluding hydrogens is 480 g/mol. The SMILES string of the molecule is COc1ccccc1CCCNC(=O)CN(c1ccc(OC)c(OC)c1)S(=O)(=O)c1ccc(C)cc1. The van der Waals surface area contributed by atoms with Gasteiger partial charge in [-0.05, 0) is 55.7 Å². The van der Waals surface area contributed by atoms with Crippen LogP contribution in [-0.4, -0.2) is 48.7 Å². The number of ether oxygens (including phenoxy) is 3. The summed E-state index contributed by atoms with van der Waals surface area (Å²) in [5.74, 6) is 1.19. The van der Waals surface area contributed by atoms with Crippen LogP contribution in [0.1, 0.15) is 17.5 Å². The number of carbonyl (C=O) groups is 1. The number of aryl methyl sites for hydroxylation is 2. The smallest absolute Gasteiger partial charge is 0.264 e. The van der Waals surface area contributed by atoms with Crippen LogP contribution in [0.4, 0.5) is 5.69 Å². The molecule has 0 unspecified atom stereocenters. The molecule has 0 heterocycles. The first-order valence-corrected chi connectivity index (χ1v) is 12.9. The standard InChI is InChI=1S/C27H32N2O6S/c1-20-11-14-23(15-12-20)36(31,32)29(22-13-16-25(34-3)26(18-22)35-4)19-27(30)28-17-7-9-21-8-5-6-10-24(21)33-2/h5-6,8,10-16,18H,7,9,17,19H2,1-4H3,(H,28,30). The number of carbonyl (C=O) groups excluding carboxylic acids is 1. The van der Waals surface area contributed by atoms with E-state index < -0.39 is 15.9 Å². The molecule has 0 saturated carbocycles. The summed E-state index contributed by atoms with van der Waals surface area (Å²) in [4.78, 5) is 13.0. The fourth-order valence-corrected chi connectivity index (χ4v) is 5.15. The van der Waals surface area contributed by atoms with Crippen molar-refractivity contribution in [1.29, 1.82) is 0 Å². The Morgan fingerprint density at radius 2 is 1.53 bits per heavy atom. The lowest BCUT2D eigenvalue weighted by molar-refractivity contribution is -0.119. The van der Waals surface area contributed by atoms with Gasteiger partial charge in [0.1, 0.15) is 12.3 Å². The van der Waals surface area contributed by atoms with Crippen molar-refractivity contribution >= 4 is 21.6 Å². The van der Waals surface area contributed by atoms with E-state index in [0.717, 1.165) is 21.2 Å². The lowest BCUT2D eigenvalue weighted by atomic mass is 10.1. The number of amides is 1. The van der Waals surface area contributed by atoms with E-state index in [1.54, 1.807) is 37.4 Å². The average Bonchev–Trinajstić information content (AvgIpc) is 2.89. The number of sulfonamides is 1. The van der Waals surface area contributed by atoms with Crippen molar-refractivity contribution in [3.05, 3.63) is 77.9 Å². The predicted molar refractivity (Wildman–Crippen MR) is 140 cm³/mol. The Hall–Kier alpha value is -3.72. The summed E-state index contributed by atoms with van der Waals surface area (Å²) in [5.41, 5.74) is 2.26. The van der Waals surface area contributed by atoms with Crippen molar-refractivity contribution in [2.24, 2.45) is 0 Å². The molecule has 36 heavy (non-hydrogen) atoms. The number of para-hydroxylation sites is 1. The highest BCUT2D eigenvalue weighted by Gasteiger charge is 2.28. The molecule has 0 aliphatic rings. The molecular formula is C27H32N2O6S. The van der Waals surface area contributed by atoms with E-state index in [1.807, 2.05) is 31.2 Å². The molecule has 9 heteroatoms. The van der Waals surface area contributed by atoms with Gasteiger partial charge < -0.3 is 19.5 Å². The average molecular weight is 513 g/mol. The molecule has 0 fully saturated rings. The second kappa shape index (κ2) is 12.3. The van der Waals surface area contributed by atoms with Crippen LogP contribution in [0.25, 0.3) is 0 Å². The number of nitrogens with zero attached hydrogens (tertiary/aromatic N) is 1. The van der Waals surface area contributed by atoms with Crippen LogP contribution in [-0.2, 0) is 21.2 Å². The Bertz CT molecular complexity index is 1280. The minimum absolute atomic E-state index is 0.0897. The molecule has 0 bridgehead atoms. The second-order valence-electron chi connectivity index (χ2n) is 8.13. The van der Waals surface area contributed by atoms with Gasteiger partial charge in [0.25, 0.3) is 10.0 Å². The van der Waals surface area contributed by atoms with Crippen LogP contribution < -0.4 is 23.8 Å². The highest BCUT2D eigenvalue weighted by molar-refractivity contribution is 7.92. The lowest BCUT2D eigenvalue weighted by Crippen LogP contribution is -2.41. The van der Waals surface area contributed by atoms with Crippen molar-refractivity contribution in [1.82, 2.24) is 5.32 Å². The fraction of sp³-hybridized carbons (Fsp3) is 0.296. The van der Waals surface area contributed by atoms with E-state index in [9.17, 15) is 13.2 Å². The van der Waals surface area contributed by atoms with Crippen molar-refractivity contribution in [3.63, 3.8) is 0 Å². The number of anilines is 1. The molecule has 0 spiro atoms. The van der Waals surface area contributed by atoms with Crippen LogP contribution in [0.2, 0.25) is 0 Å². The van der Waals surface area contributed by atoms with Gasteiger partial charge in [-0.15, -0.1) is 0 Å². The molecule has 0 aliphatic heterocycles. The third-order valence-corrected chi connectivity index (χ3v) is 7.48. The number of nitrogens with one attached hydrogen (secondary N) is 1. The predicted octanol–water partition coefficient (Wildman–Crippen LogP) is 3.97. The maximum absolute atomic E-state index is 13.6. The first kappa shape index (κ1) is 26.9. The van der Waals surface area contributed by atoms with Crippen LogP contribution in [0, 0.1) is 6.92 Å². The van der Waals surface area contributed by atoms with E-state index in [1.165, 1.54) is 26.4 Å². The van der Waals surface area contributed by atoms with E-state index in [0.29, 0.717) is 30.9 Å². The van der Waals surface area contributed by atoms with Crippen LogP contribution in [0.3, 0.4) is 0 Å². The molecule has 0 aliphatic carbocycles. The zero-order chi connectivity index (χ0) is 26.1. The summed E-state index contributed by atoms with van der Waals surface area (Å²) in [6.45, 7) is 1.88. The van der Waals surface area contributed by atoms with Crippen LogP contribution in [0.15, 0.2) is 71.6 Å². The van der Waals surface area contributed by atoms with Crippen molar-refractivity contribution in [3.8, 4) is 17.2 Å². The third kappa shape index (κ3) is 6.48. The maximum atomic E-state index is 13.6. The van der Waals surface area contributed by atoms with E-state index in [-0.39, 0.29) is 17.1 Å². The summed E-state index contributed by atoms with van der Waals surface area (Å²) in [6.07, 6.45) is 1.39. The van der Waals surface area contributed by atoms with Crippen LogP contribution >= 0.6 is 0 Å². The molecule has 3 aromatic rings. The van der Waals surface area contributed by atoms with Gasteiger partial charge in [-0.3, -0.25) is 9.10 Å². The van der Waals surface area contributed by atoms with E-state index in [2.05, 4.69) is 5.32 Å². The third-order valence-electron chi connectivity index (χ3n) is 5.69. The molecule has 3 aromatic carbocycles. The molecule has 0 radical (unpaired) electrons. The molecule has 0 atom stereocenters. The van der Waals surface area contributed by atoms with Gasteiger partial charge in [0, 0.05) is 12.6 Å². The number of benzene rings is 3. The van der Waals surface area contributed by atoms with Gasteiger partial charge in [-0.1, -0.05) is 35.9 Å². The lowest BCUT2D eigenvalue weighted by Gasteiger charge is -2.25. The quantitative estimate of drug-likeness (QED) is 0.369. The zero-order valence-electron chi connectivity index (χ0n) is 21.0. The number of methoxy groups -OCH3 is 3. The van der Waals surface area contributed by atoms with Crippen molar-refractivity contribution in [2.45, 2.75) is 24.7 Å².